The lowest BCUT2D eigenvalue weighted by Gasteiger charge is -2.42. The molecule has 0 aromatic rings. The highest BCUT2D eigenvalue weighted by Crippen LogP contribution is 2.25. The number of likely N-dealkylation sites (N-methyl/N-ethyl adjacent to an activating group) is 1. The van der Waals surface area contributed by atoms with E-state index in [9.17, 15) is 93.9 Å². The Morgan fingerprint density at radius 1 is 0.376 bits per heavy atom. The summed E-state index contributed by atoms with van der Waals surface area (Å²) in [6.45, 7) is 1.48. The summed E-state index contributed by atoms with van der Waals surface area (Å²) in [4.78, 5) is 126. The van der Waals surface area contributed by atoms with E-state index < -0.39 is 215 Å². The van der Waals surface area contributed by atoms with Gasteiger partial charge in [-0.2, -0.15) is 0 Å². The largest absolute Gasteiger partial charge is 0.394 e. The van der Waals surface area contributed by atoms with E-state index in [-0.39, 0.29) is 39.5 Å². The Balaban J connectivity index is 1.45. The molecule has 20 N–H and O–H groups in total. The summed E-state index contributed by atoms with van der Waals surface area (Å²) in [5, 5.41) is 118. The number of ether oxygens (including phenoxy) is 6. The molecule has 3 aliphatic heterocycles. The fourth-order valence-electron chi connectivity index (χ4n) is 10.0. The van der Waals surface area contributed by atoms with E-state index in [4.69, 9.17) is 28.4 Å². The second-order valence-corrected chi connectivity index (χ2v) is 22.8. The lowest BCUT2D eigenvalue weighted by molar-refractivity contribution is -0.270. The van der Waals surface area contributed by atoms with Gasteiger partial charge >= 0.3 is 0 Å². The summed E-state index contributed by atoms with van der Waals surface area (Å²) in [7, 11) is 1.38. The fourth-order valence-corrected chi connectivity index (χ4v) is 10.0. The zero-order valence-electron chi connectivity index (χ0n) is 53.3. The van der Waals surface area contributed by atoms with E-state index in [2.05, 4.69) is 58.5 Å². The van der Waals surface area contributed by atoms with E-state index in [1.807, 2.05) is 0 Å². The Labute approximate surface area is 539 Å². The topological polar surface area (TPSA) is 540 Å². The van der Waals surface area contributed by atoms with Gasteiger partial charge in [-0.05, 0) is 45.6 Å². The Morgan fingerprint density at radius 2 is 0.677 bits per heavy atom. The summed E-state index contributed by atoms with van der Waals surface area (Å²) in [6.07, 6.45) is -9.85. The Kier molecular flexibility index (Phi) is 39.0. The number of amides is 10. The zero-order chi connectivity index (χ0) is 69.0. The van der Waals surface area contributed by atoms with E-state index in [0.29, 0.717) is 77.0 Å². The van der Waals surface area contributed by atoms with Gasteiger partial charge < -0.3 is 133 Å². The number of hydrogen-bond acceptors (Lipinski definition) is 26. The first-order chi connectivity index (χ1) is 44.3. The number of carbonyl (C=O) groups excluding carboxylic acids is 10. The van der Waals surface area contributed by atoms with Crippen molar-refractivity contribution in [2.75, 3.05) is 86.0 Å². The van der Waals surface area contributed by atoms with E-state index in [0.717, 1.165) is 0 Å². The summed E-state index contributed by atoms with van der Waals surface area (Å²) >= 11 is 0. The van der Waals surface area contributed by atoms with Gasteiger partial charge in [-0.25, -0.2) is 0 Å². The number of aliphatic hydroxyl groups is 9. The number of nitrogens with one attached hydrogen (secondary N) is 11. The molecule has 36 nitrogen and oxygen atoms in total. The molecule has 0 aliphatic carbocycles. The molecule has 0 saturated carbocycles. The molecule has 3 rings (SSSR count). The van der Waals surface area contributed by atoms with Gasteiger partial charge in [0.2, 0.25) is 59.1 Å². The summed E-state index contributed by atoms with van der Waals surface area (Å²) in [6, 6.07) is -6.07. The van der Waals surface area contributed by atoms with Gasteiger partial charge in [-0.15, -0.1) is 0 Å². The van der Waals surface area contributed by atoms with Crippen molar-refractivity contribution in [2.45, 2.75) is 215 Å². The van der Waals surface area contributed by atoms with Crippen molar-refractivity contribution in [1.29, 1.82) is 0 Å². The molecular weight excluding hydrogens is 1240 g/mol. The molecule has 0 aromatic carbocycles. The maximum atomic E-state index is 13.5. The summed E-state index contributed by atoms with van der Waals surface area (Å²) < 4.78 is 33.8. The Hall–Kier alpha value is -5.94. The average molecular weight is 1340 g/mol. The van der Waals surface area contributed by atoms with Crippen LogP contribution < -0.4 is 58.5 Å². The number of aliphatic hydroxyl groups excluding tert-OH is 9. The lowest BCUT2D eigenvalue weighted by atomic mass is 9.97. The molecule has 0 spiro atoms. The van der Waals surface area contributed by atoms with Crippen LogP contribution in [0.3, 0.4) is 0 Å². The SMILES string of the molecule is CNC(CC(=O)NC(CC(=O)NCC(=O)NCCCCCCO[C@@H]1OC(CO)[C@H](O)C(O)[C@@H]1NC(C)=O)C(=O)NCC(=O)NCCCCCCO[C@@H]1OC(CO)[C@H](O)C(O)[C@@H]1NC(C)=O)C(=O)NCC(=O)NCCCCCCO[C@@H]1OC(CO)[C@H](O)C(O)[C@@H]1NC(C)=O. The van der Waals surface area contributed by atoms with Crippen LogP contribution in [-0.4, -0.2) is 295 Å². The highest BCUT2D eigenvalue weighted by Gasteiger charge is 2.48. The third-order valence-corrected chi connectivity index (χ3v) is 15.2. The van der Waals surface area contributed by atoms with E-state index >= 15 is 0 Å². The minimum Gasteiger partial charge on any atom is -0.394 e. The maximum Gasteiger partial charge on any atom is 0.243 e. The first-order valence-corrected chi connectivity index (χ1v) is 31.5. The number of hydrogen-bond donors (Lipinski definition) is 20. The molecule has 534 valence electrons. The first-order valence-electron chi connectivity index (χ1n) is 31.5. The highest BCUT2D eigenvalue weighted by atomic mass is 16.7. The molecule has 3 fully saturated rings. The second kappa shape index (κ2) is 44.7. The monoisotopic (exact) mass is 1340 g/mol. The number of carbonyl (C=O) groups is 10. The van der Waals surface area contributed by atoms with Gasteiger partial charge in [0.25, 0.3) is 0 Å². The second-order valence-electron chi connectivity index (χ2n) is 22.8. The van der Waals surface area contributed by atoms with Crippen LogP contribution in [0.1, 0.15) is 111 Å². The highest BCUT2D eigenvalue weighted by molar-refractivity contribution is 5.96. The quantitative estimate of drug-likeness (QED) is 0.0252. The average Bonchev–Trinajstić information content (AvgIpc) is 1.55. The van der Waals surface area contributed by atoms with Crippen LogP contribution >= 0.6 is 0 Å². The van der Waals surface area contributed by atoms with Crippen LogP contribution in [0.25, 0.3) is 0 Å². The third-order valence-electron chi connectivity index (χ3n) is 15.2. The standard InChI is InChI=1S/C57H101N11O25/c1-31(72)65-44-50(83)47(80)36(28-69)91-55(44)88-20-14-8-5-11-17-59-41(77)25-62-39(75)24-35(54(87)64-27-43(79)61-19-13-7-10-16-22-90-57-46(67-33(3)74)52(85)49(82)38(30-71)93-57)68-40(76)23-34(58-4)53(86)63-26-42(78)60-18-12-6-9-15-21-89-56-45(66-32(2)73)51(84)48(81)37(29-70)92-56/h34-38,44-52,55-58,69-71,80-85H,5-30H2,1-4H3,(H,59,77)(H,60,78)(H,61,79)(H,62,75)(H,63,86)(H,64,87)(H,65,72)(H,66,73)(H,67,74)(H,68,76)/t34?,35?,36?,37?,38?,44-,45-,46-,47-,48-,49-,50?,51?,52?,55+,56+,57+/m0/s1. The molecule has 93 heavy (non-hydrogen) atoms. The number of rotatable bonds is 44. The van der Waals surface area contributed by atoms with Crippen molar-refractivity contribution in [1.82, 2.24) is 58.5 Å². The summed E-state index contributed by atoms with van der Waals surface area (Å²) in [5.41, 5.74) is 0. The van der Waals surface area contributed by atoms with Crippen molar-refractivity contribution in [3.63, 3.8) is 0 Å². The van der Waals surface area contributed by atoms with E-state index in [1.165, 1.54) is 27.8 Å². The Bertz CT molecular complexity index is 2320. The van der Waals surface area contributed by atoms with Crippen molar-refractivity contribution in [2.24, 2.45) is 0 Å². The maximum absolute atomic E-state index is 13.5. The van der Waals surface area contributed by atoms with Crippen molar-refractivity contribution in [3.8, 4) is 0 Å². The van der Waals surface area contributed by atoms with Crippen LogP contribution in [0.5, 0.6) is 0 Å². The fraction of sp³-hybridized carbons (Fsp3) is 0.825. The van der Waals surface area contributed by atoms with E-state index in [1.54, 1.807) is 0 Å². The molecule has 3 heterocycles. The molecule has 3 aliphatic rings. The first kappa shape index (κ1) is 81.3. The minimum absolute atomic E-state index is 0.133. The van der Waals surface area contributed by atoms with Crippen molar-refractivity contribution >= 4 is 59.1 Å². The van der Waals surface area contributed by atoms with Gasteiger partial charge in [0, 0.05) is 60.2 Å². The molecule has 0 aromatic heterocycles. The van der Waals surface area contributed by atoms with Gasteiger partial charge in [0.15, 0.2) is 18.9 Å². The van der Waals surface area contributed by atoms with Gasteiger partial charge in [0.1, 0.15) is 79.1 Å². The van der Waals surface area contributed by atoms with Crippen LogP contribution in [-0.2, 0) is 76.4 Å². The molecule has 3 saturated heterocycles. The van der Waals surface area contributed by atoms with Gasteiger partial charge in [0.05, 0.1) is 58.3 Å². The predicted molar refractivity (Wildman–Crippen MR) is 321 cm³/mol. The summed E-state index contributed by atoms with van der Waals surface area (Å²) in [5.74, 6) is -6.62. The molecule has 17 atom stereocenters. The van der Waals surface area contributed by atoms with Gasteiger partial charge in [-0.1, -0.05) is 38.5 Å². The predicted octanol–water partition coefficient (Wildman–Crippen LogP) is -8.90. The van der Waals surface area contributed by atoms with Crippen LogP contribution in [0, 0.1) is 0 Å². The molecule has 0 radical (unpaired) electrons. The van der Waals surface area contributed by atoms with Gasteiger partial charge in [-0.3, -0.25) is 47.9 Å². The van der Waals surface area contributed by atoms with Crippen LogP contribution in [0.4, 0.5) is 0 Å². The number of unbranched alkanes of at least 4 members (excludes halogenated alkanes) is 9. The smallest absolute Gasteiger partial charge is 0.243 e. The molecule has 8 unspecified atom stereocenters. The molecular formula is C57H101N11O25. The third kappa shape index (κ3) is 30.1. The Morgan fingerprint density at radius 3 is 0.989 bits per heavy atom. The van der Waals surface area contributed by atoms with Crippen LogP contribution in [0.15, 0.2) is 0 Å². The molecule has 36 heteroatoms. The molecule has 0 bridgehead atoms. The normalized spacial score (nSPS) is 26.7. The van der Waals surface area contributed by atoms with Crippen LogP contribution in [0.2, 0.25) is 0 Å². The van der Waals surface area contributed by atoms with Crippen molar-refractivity contribution < 1.29 is 122 Å². The van der Waals surface area contributed by atoms with Crippen molar-refractivity contribution in [3.05, 3.63) is 0 Å². The zero-order valence-corrected chi connectivity index (χ0v) is 53.3. The molecule has 10 amide bonds. The lowest BCUT2D eigenvalue weighted by Crippen LogP contribution is -2.64. The minimum atomic E-state index is -1.61.